The molecule has 2 saturated heterocycles. The SMILES string of the molecule is NC(=O)C1(N2CCCCC2)CCN(CCCC(=O)c2ccc(F)cc2)CC1.O=C1CCCCC1. The fourth-order valence-corrected chi connectivity index (χ4v) is 5.38. The van der Waals surface area contributed by atoms with Gasteiger partial charge >= 0.3 is 0 Å². The second-order valence-electron chi connectivity index (χ2n) is 9.92. The summed E-state index contributed by atoms with van der Waals surface area (Å²) >= 11 is 0. The number of primary amides is 1. The van der Waals surface area contributed by atoms with Crippen LogP contribution < -0.4 is 5.73 Å². The van der Waals surface area contributed by atoms with Crippen molar-refractivity contribution in [3.63, 3.8) is 0 Å². The second-order valence-corrected chi connectivity index (χ2v) is 9.92. The molecule has 0 radical (unpaired) electrons. The summed E-state index contributed by atoms with van der Waals surface area (Å²) in [4.78, 5) is 39.5. The number of rotatable bonds is 7. The van der Waals surface area contributed by atoms with E-state index in [9.17, 15) is 18.8 Å². The van der Waals surface area contributed by atoms with Crippen LogP contribution in [-0.2, 0) is 9.59 Å². The number of Topliss-reactive ketones (excluding diaryl/α,β-unsaturated/α-hetero) is 2. The molecule has 3 fully saturated rings. The molecule has 1 aromatic carbocycles. The van der Waals surface area contributed by atoms with E-state index >= 15 is 0 Å². The van der Waals surface area contributed by atoms with Crippen molar-refractivity contribution in [3.8, 4) is 0 Å². The smallest absolute Gasteiger partial charge is 0.238 e. The zero-order chi connectivity index (χ0) is 24.4. The first-order chi connectivity index (χ1) is 16.4. The van der Waals surface area contributed by atoms with Gasteiger partial charge in [-0.1, -0.05) is 12.8 Å². The number of hydrogen-bond acceptors (Lipinski definition) is 5. The highest BCUT2D eigenvalue weighted by atomic mass is 19.1. The Morgan fingerprint density at radius 1 is 0.882 bits per heavy atom. The molecular formula is C27H40FN3O3. The van der Waals surface area contributed by atoms with Gasteiger partial charge in [-0.3, -0.25) is 19.3 Å². The average Bonchev–Trinajstić information content (AvgIpc) is 2.86. The van der Waals surface area contributed by atoms with Crippen molar-refractivity contribution in [2.45, 2.75) is 82.6 Å². The predicted octanol–water partition coefficient (Wildman–Crippen LogP) is 4.11. The molecule has 1 aromatic rings. The lowest BCUT2D eigenvalue weighted by molar-refractivity contribution is -0.135. The summed E-state index contributed by atoms with van der Waals surface area (Å²) < 4.78 is 12.9. The van der Waals surface area contributed by atoms with Gasteiger partial charge < -0.3 is 10.6 Å². The van der Waals surface area contributed by atoms with Crippen molar-refractivity contribution in [1.82, 2.24) is 9.80 Å². The van der Waals surface area contributed by atoms with Gasteiger partial charge in [0.1, 0.15) is 17.1 Å². The van der Waals surface area contributed by atoms with Gasteiger partial charge in [0.2, 0.25) is 5.91 Å². The van der Waals surface area contributed by atoms with Crippen LogP contribution in [0.25, 0.3) is 0 Å². The molecule has 3 aliphatic rings. The number of benzene rings is 1. The lowest BCUT2D eigenvalue weighted by Crippen LogP contribution is -2.63. The van der Waals surface area contributed by atoms with Gasteiger partial charge in [-0.15, -0.1) is 0 Å². The minimum atomic E-state index is -0.485. The molecule has 4 rings (SSSR count). The van der Waals surface area contributed by atoms with Crippen LogP contribution in [0.3, 0.4) is 0 Å². The summed E-state index contributed by atoms with van der Waals surface area (Å²) in [6.45, 7) is 4.44. The molecule has 6 nitrogen and oxygen atoms in total. The maximum atomic E-state index is 12.9. The summed E-state index contributed by atoms with van der Waals surface area (Å²) in [6, 6.07) is 5.72. The summed E-state index contributed by atoms with van der Waals surface area (Å²) in [6.07, 6.45) is 11.5. The highest BCUT2D eigenvalue weighted by Gasteiger charge is 2.44. The van der Waals surface area contributed by atoms with E-state index in [0.29, 0.717) is 17.8 Å². The number of likely N-dealkylation sites (tertiary alicyclic amines) is 2. The molecule has 0 unspecified atom stereocenters. The van der Waals surface area contributed by atoms with Gasteiger partial charge in [0.05, 0.1) is 0 Å². The normalized spacial score (nSPS) is 21.4. The Bertz CT molecular complexity index is 805. The predicted molar refractivity (Wildman–Crippen MR) is 131 cm³/mol. The molecule has 0 aromatic heterocycles. The lowest BCUT2D eigenvalue weighted by atomic mass is 9.83. The number of ketones is 2. The average molecular weight is 474 g/mol. The minimum Gasteiger partial charge on any atom is -0.368 e. The van der Waals surface area contributed by atoms with E-state index in [-0.39, 0.29) is 17.5 Å². The number of carbonyl (C=O) groups is 3. The van der Waals surface area contributed by atoms with E-state index in [2.05, 4.69) is 9.80 Å². The van der Waals surface area contributed by atoms with Crippen LogP contribution in [0.2, 0.25) is 0 Å². The maximum Gasteiger partial charge on any atom is 0.238 e. The summed E-state index contributed by atoms with van der Waals surface area (Å²) in [5.41, 5.74) is 5.90. The van der Waals surface area contributed by atoms with Crippen LogP contribution >= 0.6 is 0 Å². The molecule has 188 valence electrons. The first-order valence-electron chi connectivity index (χ1n) is 13.0. The molecule has 34 heavy (non-hydrogen) atoms. The van der Waals surface area contributed by atoms with Crippen molar-refractivity contribution in [3.05, 3.63) is 35.6 Å². The van der Waals surface area contributed by atoms with Gasteiger partial charge in [0.15, 0.2) is 5.78 Å². The van der Waals surface area contributed by atoms with Crippen LogP contribution in [-0.4, -0.2) is 65.5 Å². The fraction of sp³-hybridized carbons (Fsp3) is 0.667. The highest BCUT2D eigenvalue weighted by Crippen LogP contribution is 2.31. The third-order valence-corrected chi connectivity index (χ3v) is 7.56. The Kier molecular flexibility index (Phi) is 10.2. The monoisotopic (exact) mass is 473 g/mol. The van der Waals surface area contributed by atoms with Crippen molar-refractivity contribution >= 4 is 17.5 Å². The minimum absolute atomic E-state index is 0.0480. The number of hydrogen-bond donors (Lipinski definition) is 1. The maximum absolute atomic E-state index is 12.9. The fourth-order valence-electron chi connectivity index (χ4n) is 5.38. The molecule has 2 N–H and O–H groups in total. The molecule has 2 aliphatic heterocycles. The molecule has 0 bridgehead atoms. The zero-order valence-electron chi connectivity index (χ0n) is 20.4. The topological polar surface area (TPSA) is 83.7 Å². The van der Waals surface area contributed by atoms with Gasteiger partial charge in [-0.2, -0.15) is 0 Å². The van der Waals surface area contributed by atoms with E-state index in [1.54, 1.807) is 12.1 Å². The summed E-state index contributed by atoms with van der Waals surface area (Å²) in [5, 5.41) is 0. The van der Waals surface area contributed by atoms with E-state index in [0.717, 1.165) is 90.5 Å². The number of amides is 1. The number of carbonyl (C=O) groups excluding carboxylic acids is 3. The number of piperidine rings is 2. The third-order valence-electron chi connectivity index (χ3n) is 7.56. The second kappa shape index (κ2) is 13.1. The Morgan fingerprint density at radius 2 is 1.47 bits per heavy atom. The van der Waals surface area contributed by atoms with Crippen LogP contribution in [0.5, 0.6) is 0 Å². The summed E-state index contributed by atoms with van der Waals surface area (Å²) in [7, 11) is 0. The van der Waals surface area contributed by atoms with Crippen molar-refractivity contribution < 1.29 is 18.8 Å². The van der Waals surface area contributed by atoms with E-state index < -0.39 is 5.54 Å². The van der Waals surface area contributed by atoms with E-state index in [4.69, 9.17) is 5.73 Å². The molecule has 0 atom stereocenters. The van der Waals surface area contributed by atoms with Crippen LogP contribution in [0, 0.1) is 5.82 Å². The van der Waals surface area contributed by atoms with Gasteiger partial charge in [-0.05, 0) is 88.8 Å². The molecule has 1 aliphatic carbocycles. The number of nitrogens with zero attached hydrogens (tertiary/aromatic N) is 2. The summed E-state index contributed by atoms with van der Waals surface area (Å²) in [5.74, 6) is 0.0000954. The Labute approximate surface area is 203 Å². The Morgan fingerprint density at radius 3 is 2.00 bits per heavy atom. The van der Waals surface area contributed by atoms with Crippen molar-refractivity contribution in [1.29, 1.82) is 0 Å². The Hall–Kier alpha value is -2.12. The van der Waals surface area contributed by atoms with Crippen LogP contribution in [0.15, 0.2) is 24.3 Å². The first-order valence-corrected chi connectivity index (χ1v) is 13.0. The molecule has 0 spiro atoms. The van der Waals surface area contributed by atoms with E-state index in [1.807, 2.05) is 0 Å². The van der Waals surface area contributed by atoms with E-state index in [1.165, 1.54) is 25.0 Å². The number of halogens is 1. The lowest BCUT2D eigenvalue weighted by Gasteiger charge is -2.48. The van der Waals surface area contributed by atoms with Gasteiger partial charge in [-0.25, -0.2) is 4.39 Å². The molecular weight excluding hydrogens is 433 g/mol. The van der Waals surface area contributed by atoms with Crippen LogP contribution in [0.4, 0.5) is 4.39 Å². The molecule has 7 heteroatoms. The highest BCUT2D eigenvalue weighted by molar-refractivity contribution is 5.95. The van der Waals surface area contributed by atoms with Crippen molar-refractivity contribution in [2.75, 3.05) is 32.7 Å². The zero-order valence-corrected chi connectivity index (χ0v) is 20.4. The molecule has 1 amide bonds. The van der Waals surface area contributed by atoms with Gasteiger partial charge in [0, 0.05) is 37.9 Å². The standard InChI is InChI=1S/C21H30FN3O2.C6H10O/c22-18-8-6-17(7-9-18)19(26)5-4-12-24-15-10-21(11-16-24,20(23)27)25-13-2-1-3-14-25;7-6-4-2-1-3-5-6/h6-9H,1-5,10-16H2,(H2,23,27);1-5H2. The largest absolute Gasteiger partial charge is 0.368 e. The van der Waals surface area contributed by atoms with Gasteiger partial charge in [0.25, 0.3) is 0 Å². The molecule has 2 heterocycles. The van der Waals surface area contributed by atoms with Crippen LogP contribution in [0.1, 0.15) is 87.4 Å². The molecule has 1 saturated carbocycles. The Balaban J connectivity index is 0.000000396. The first kappa shape index (κ1) is 26.5. The van der Waals surface area contributed by atoms with Crippen molar-refractivity contribution in [2.24, 2.45) is 5.73 Å². The third kappa shape index (κ3) is 7.44. The quantitative estimate of drug-likeness (QED) is 0.603. The number of nitrogens with two attached hydrogens (primary N) is 1.